The van der Waals surface area contributed by atoms with Crippen LogP contribution in [-0.4, -0.2) is 82.7 Å². The second-order valence-electron chi connectivity index (χ2n) is 10.2. The summed E-state index contributed by atoms with van der Waals surface area (Å²) in [4.78, 5) is 23.1. The first-order valence-corrected chi connectivity index (χ1v) is 12.9. The van der Waals surface area contributed by atoms with Crippen molar-refractivity contribution in [2.75, 3.05) is 39.3 Å². The van der Waals surface area contributed by atoms with E-state index in [1.807, 2.05) is 29.2 Å². The molecule has 1 saturated heterocycles. The Kier molecular flexibility index (Phi) is 6.36. The van der Waals surface area contributed by atoms with Gasteiger partial charge in [0.15, 0.2) is 0 Å². The quantitative estimate of drug-likeness (QED) is 0.401. The van der Waals surface area contributed by atoms with Crippen molar-refractivity contribution in [2.45, 2.75) is 25.6 Å². The molecular formula is C29H31N5O3. The van der Waals surface area contributed by atoms with Crippen LogP contribution < -0.4 is 0 Å². The van der Waals surface area contributed by atoms with Crippen LogP contribution in [0.2, 0.25) is 0 Å². The van der Waals surface area contributed by atoms with Gasteiger partial charge >= 0.3 is 5.97 Å². The van der Waals surface area contributed by atoms with E-state index in [1.54, 1.807) is 0 Å². The molecule has 0 bridgehead atoms. The number of carboxylic acids is 1. The zero-order chi connectivity index (χ0) is 25.4. The van der Waals surface area contributed by atoms with Gasteiger partial charge in [0, 0.05) is 57.8 Å². The molecule has 0 radical (unpaired) electrons. The molecule has 1 unspecified atom stereocenters. The molecule has 8 nitrogen and oxygen atoms in total. The maximum Gasteiger partial charge on any atom is 0.317 e. The third kappa shape index (κ3) is 4.95. The topological polar surface area (TPSA) is 92.5 Å². The number of rotatable bonds is 6. The van der Waals surface area contributed by atoms with Gasteiger partial charge in [0.25, 0.3) is 0 Å². The molecule has 2 N–H and O–H groups in total. The highest BCUT2D eigenvalue weighted by molar-refractivity contribution is 6.03. The number of benzene rings is 3. The molecule has 1 atom stereocenters. The SMILES string of the molecule is N=C(c1ccc(C2=NOC(CN3CCN(CC(=O)O)CC3)C2)cc1)N1Cc2cccc3cccc(c23)C1. The maximum absolute atomic E-state index is 10.9. The van der Waals surface area contributed by atoms with Crippen molar-refractivity contribution in [3.05, 3.63) is 82.9 Å². The standard InChI is InChI=1S/C29H31N5O3/c30-29(34-16-23-5-1-3-21-4-2-6-24(17-34)28(21)23)22-9-7-20(8-10-22)26-15-25(37-31-26)18-32-11-13-33(14-12-32)19-27(35)36/h1-10,25,30H,11-19H2,(H,35,36). The lowest BCUT2D eigenvalue weighted by Gasteiger charge is -2.34. The van der Waals surface area contributed by atoms with Gasteiger partial charge in [0.1, 0.15) is 11.9 Å². The predicted octanol–water partition coefficient (Wildman–Crippen LogP) is 3.38. The summed E-state index contributed by atoms with van der Waals surface area (Å²) >= 11 is 0. The largest absolute Gasteiger partial charge is 0.480 e. The Bertz CT molecular complexity index is 1320. The molecule has 3 aliphatic rings. The molecule has 6 rings (SSSR count). The number of piperazine rings is 1. The summed E-state index contributed by atoms with van der Waals surface area (Å²) in [6.45, 7) is 5.58. The average molecular weight is 498 g/mol. The Morgan fingerprint density at radius 1 is 0.946 bits per heavy atom. The van der Waals surface area contributed by atoms with Gasteiger partial charge in [0.2, 0.25) is 0 Å². The van der Waals surface area contributed by atoms with Gasteiger partial charge < -0.3 is 14.8 Å². The molecule has 0 saturated carbocycles. The number of nitrogens with one attached hydrogen (secondary N) is 1. The van der Waals surface area contributed by atoms with Gasteiger partial charge in [-0.1, -0.05) is 65.8 Å². The number of aliphatic carboxylic acids is 1. The molecule has 3 aliphatic heterocycles. The van der Waals surface area contributed by atoms with E-state index in [2.05, 4.69) is 51.4 Å². The smallest absolute Gasteiger partial charge is 0.317 e. The Hall–Kier alpha value is -3.75. The summed E-state index contributed by atoms with van der Waals surface area (Å²) in [5.41, 5.74) is 5.40. The number of oxime groups is 1. The van der Waals surface area contributed by atoms with Gasteiger partial charge in [-0.15, -0.1) is 0 Å². The second kappa shape index (κ2) is 9.95. The van der Waals surface area contributed by atoms with Crippen LogP contribution in [0.5, 0.6) is 0 Å². The fourth-order valence-corrected chi connectivity index (χ4v) is 5.70. The van der Waals surface area contributed by atoms with E-state index in [4.69, 9.17) is 15.4 Å². The number of hydrogen-bond donors (Lipinski definition) is 2. The molecule has 0 amide bonds. The minimum Gasteiger partial charge on any atom is -0.480 e. The molecule has 8 heteroatoms. The van der Waals surface area contributed by atoms with Gasteiger partial charge in [-0.05, 0) is 27.5 Å². The van der Waals surface area contributed by atoms with Crippen molar-refractivity contribution in [3.63, 3.8) is 0 Å². The van der Waals surface area contributed by atoms with Crippen LogP contribution in [0.25, 0.3) is 10.8 Å². The molecule has 0 spiro atoms. The molecule has 3 aromatic carbocycles. The summed E-state index contributed by atoms with van der Waals surface area (Å²) in [5, 5.41) is 24.8. The first kappa shape index (κ1) is 23.6. The highest BCUT2D eigenvalue weighted by Gasteiger charge is 2.27. The summed E-state index contributed by atoms with van der Waals surface area (Å²) in [7, 11) is 0. The third-order valence-corrected chi connectivity index (χ3v) is 7.63. The summed E-state index contributed by atoms with van der Waals surface area (Å²) < 4.78 is 0. The first-order valence-electron chi connectivity index (χ1n) is 12.9. The molecule has 1 fully saturated rings. The summed E-state index contributed by atoms with van der Waals surface area (Å²) in [6.07, 6.45) is 0.758. The van der Waals surface area contributed by atoms with Crippen LogP contribution in [0.3, 0.4) is 0 Å². The van der Waals surface area contributed by atoms with Crippen LogP contribution in [0, 0.1) is 5.41 Å². The summed E-state index contributed by atoms with van der Waals surface area (Å²) in [5.74, 6) is -0.242. The van der Waals surface area contributed by atoms with Crippen molar-refractivity contribution in [1.82, 2.24) is 14.7 Å². The van der Waals surface area contributed by atoms with Crippen molar-refractivity contribution in [3.8, 4) is 0 Å². The van der Waals surface area contributed by atoms with E-state index in [0.29, 0.717) is 5.84 Å². The number of carbonyl (C=O) groups is 1. The van der Waals surface area contributed by atoms with E-state index >= 15 is 0 Å². The number of nitrogens with zero attached hydrogens (tertiary/aromatic N) is 4. The Morgan fingerprint density at radius 2 is 1.59 bits per heavy atom. The normalized spacial score (nSPS) is 20.1. The van der Waals surface area contributed by atoms with Crippen LogP contribution in [-0.2, 0) is 22.7 Å². The Balaban J connectivity index is 1.05. The first-order chi connectivity index (χ1) is 18.0. The maximum atomic E-state index is 10.9. The minimum absolute atomic E-state index is 0.00938. The van der Waals surface area contributed by atoms with Gasteiger partial charge in [-0.25, -0.2) is 0 Å². The Morgan fingerprint density at radius 3 is 2.24 bits per heavy atom. The van der Waals surface area contributed by atoms with E-state index in [9.17, 15) is 4.79 Å². The Labute approximate surface area is 216 Å². The van der Waals surface area contributed by atoms with Crippen LogP contribution in [0.15, 0.2) is 65.8 Å². The molecule has 37 heavy (non-hydrogen) atoms. The van der Waals surface area contributed by atoms with Gasteiger partial charge in [-0.3, -0.25) is 20.0 Å². The van der Waals surface area contributed by atoms with Crippen LogP contribution in [0.1, 0.15) is 28.7 Å². The predicted molar refractivity (Wildman–Crippen MR) is 143 cm³/mol. The van der Waals surface area contributed by atoms with Crippen molar-refractivity contribution < 1.29 is 14.7 Å². The van der Waals surface area contributed by atoms with Crippen molar-refractivity contribution in [2.24, 2.45) is 5.16 Å². The molecular weight excluding hydrogens is 466 g/mol. The fourth-order valence-electron chi connectivity index (χ4n) is 5.70. The van der Waals surface area contributed by atoms with Crippen molar-refractivity contribution >= 4 is 28.3 Å². The molecule has 0 aliphatic carbocycles. The zero-order valence-corrected chi connectivity index (χ0v) is 20.8. The summed E-state index contributed by atoms with van der Waals surface area (Å²) in [6, 6.07) is 20.9. The fraction of sp³-hybridized carbons (Fsp3) is 0.345. The molecule has 3 aromatic rings. The van der Waals surface area contributed by atoms with E-state index < -0.39 is 5.97 Å². The number of amidine groups is 1. The van der Waals surface area contributed by atoms with E-state index in [1.165, 1.54) is 21.9 Å². The lowest BCUT2D eigenvalue weighted by atomic mass is 9.94. The minimum atomic E-state index is -0.773. The van der Waals surface area contributed by atoms with E-state index in [-0.39, 0.29) is 12.6 Å². The number of hydrogen-bond acceptors (Lipinski definition) is 6. The average Bonchev–Trinajstić information content (AvgIpc) is 3.38. The van der Waals surface area contributed by atoms with Gasteiger partial charge in [0.05, 0.1) is 12.3 Å². The van der Waals surface area contributed by atoms with Crippen LogP contribution in [0.4, 0.5) is 0 Å². The molecule has 190 valence electrons. The van der Waals surface area contributed by atoms with Crippen LogP contribution >= 0.6 is 0 Å². The van der Waals surface area contributed by atoms with Crippen molar-refractivity contribution in [1.29, 1.82) is 5.41 Å². The molecule has 3 heterocycles. The zero-order valence-electron chi connectivity index (χ0n) is 20.8. The second-order valence-corrected chi connectivity index (χ2v) is 10.2. The highest BCUT2D eigenvalue weighted by atomic mass is 16.6. The monoisotopic (exact) mass is 497 g/mol. The highest BCUT2D eigenvalue weighted by Crippen LogP contribution is 2.30. The van der Waals surface area contributed by atoms with Gasteiger partial charge in [-0.2, -0.15) is 0 Å². The third-order valence-electron chi connectivity index (χ3n) is 7.63. The van der Waals surface area contributed by atoms with E-state index in [0.717, 1.165) is 69.1 Å². The number of carboxylic acid groups (broad SMARTS) is 1. The lowest BCUT2D eigenvalue weighted by molar-refractivity contribution is -0.138. The lowest BCUT2D eigenvalue weighted by Crippen LogP contribution is -2.49. The molecule has 0 aromatic heterocycles.